The monoisotopic (exact) mass is 128 g/mol. The van der Waals surface area contributed by atoms with Crippen LogP contribution in [0.5, 0.6) is 0 Å². The predicted octanol–water partition coefficient (Wildman–Crippen LogP) is 1.76. The Balaban J connectivity index is 3.17. The minimum absolute atomic E-state index is 0.0139. The first kappa shape index (κ1) is 6.54. The van der Waals surface area contributed by atoms with Gasteiger partial charge in [0.25, 0.3) is 0 Å². The van der Waals surface area contributed by atoms with Crippen molar-refractivity contribution in [3.8, 4) is 0 Å². The Morgan fingerprint density at radius 1 is 1.50 bits per heavy atom. The van der Waals surface area contributed by atoms with Crippen molar-refractivity contribution in [2.75, 3.05) is 13.6 Å². The molecule has 0 unspecified atom stereocenters. The predicted molar refractivity (Wildman–Crippen MR) is 28.4 cm³/mol. The van der Waals surface area contributed by atoms with E-state index in [9.17, 15) is 0 Å². The van der Waals surface area contributed by atoms with Gasteiger partial charge in [-0.1, -0.05) is 0 Å². The average molecular weight is 129 g/mol. The van der Waals surface area contributed by atoms with Crippen molar-refractivity contribution < 1.29 is 3.52 Å². The molecule has 0 fully saturated rings. The van der Waals surface area contributed by atoms with Gasteiger partial charge in [0.15, 0.2) is 23.6 Å². The average Bonchev–Trinajstić information content (AvgIpc) is 1.35. The van der Waals surface area contributed by atoms with E-state index < -0.39 is 0 Å². The highest BCUT2D eigenvalue weighted by atomic mass is 35.5. The van der Waals surface area contributed by atoms with Crippen LogP contribution in [0, 0.1) is 0 Å². The smallest absolute Gasteiger partial charge is 0.126 e. The van der Waals surface area contributed by atoms with Crippen molar-refractivity contribution in [3.05, 3.63) is 0 Å². The topological polar surface area (TPSA) is 0 Å². The molecule has 1 nitrogen and oxygen atoms in total. The summed E-state index contributed by atoms with van der Waals surface area (Å²) in [5.74, 6) is 0. The summed E-state index contributed by atoms with van der Waals surface area (Å²) in [5, 5.41) is 0. The molecule has 0 aromatic heterocycles. The van der Waals surface area contributed by atoms with Gasteiger partial charge in [-0.2, -0.15) is 0 Å². The number of nitrogens with zero attached hydrogens (tertiary/aromatic N) is 1. The zero-order valence-corrected chi connectivity index (χ0v) is 5.42. The standard InChI is InChI=1S/C3H8Cl2N/c1-3-6(2,4)5/h3H2,1-2H3/q+1. The molecular weight excluding hydrogens is 121 g/mol. The van der Waals surface area contributed by atoms with Gasteiger partial charge in [-0.3, -0.25) is 0 Å². The van der Waals surface area contributed by atoms with Gasteiger partial charge in [-0.25, -0.2) is 0 Å². The zero-order valence-electron chi connectivity index (χ0n) is 3.91. The van der Waals surface area contributed by atoms with Gasteiger partial charge in [0.2, 0.25) is 0 Å². The van der Waals surface area contributed by atoms with E-state index in [0.717, 1.165) is 6.54 Å². The number of hydrogen-bond donors (Lipinski definition) is 0. The van der Waals surface area contributed by atoms with Crippen molar-refractivity contribution in [2.24, 2.45) is 0 Å². The molecule has 6 heavy (non-hydrogen) atoms. The second kappa shape index (κ2) is 2.01. The highest BCUT2D eigenvalue weighted by Gasteiger charge is 2.09. The maximum atomic E-state index is 5.42. The van der Waals surface area contributed by atoms with Crippen molar-refractivity contribution in [3.63, 3.8) is 0 Å². The third kappa shape index (κ3) is 4.54. The first-order chi connectivity index (χ1) is 2.56. The fourth-order valence-corrected chi connectivity index (χ4v) is 0. The van der Waals surface area contributed by atoms with Crippen LogP contribution in [-0.4, -0.2) is 17.1 Å². The molecule has 38 valence electrons. The third-order valence-electron chi connectivity index (χ3n) is 0.555. The summed E-state index contributed by atoms with van der Waals surface area (Å²) < 4.78 is 0.0139. The number of rotatable bonds is 1. The van der Waals surface area contributed by atoms with Crippen LogP contribution >= 0.6 is 23.6 Å². The molecule has 0 aromatic carbocycles. The molecule has 0 atom stereocenters. The van der Waals surface area contributed by atoms with Gasteiger partial charge in [-0.05, 0) is 6.92 Å². The van der Waals surface area contributed by atoms with E-state index in [1.54, 1.807) is 7.05 Å². The minimum Gasteiger partial charge on any atom is -0.126 e. The van der Waals surface area contributed by atoms with Crippen molar-refractivity contribution in [1.82, 2.24) is 0 Å². The van der Waals surface area contributed by atoms with Gasteiger partial charge in [0.05, 0.1) is 0 Å². The second-order valence-electron chi connectivity index (χ2n) is 1.27. The van der Waals surface area contributed by atoms with E-state index in [2.05, 4.69) is 0 Å². The van der Waals surface area contributed by atoms with E-state index in [1.807, 2.05) is 6.92 Å². The quantitative estimate of drug-likeness (QED) is 0.473. The van der Waals surface area contributed by atoms with E-state index >= 15 is 0 Å². The Kier molecular flexibility index (Phi) is 2.19. The van der Waals surface area contributed by atoms with Crippen LogP contribution in [0.15, 0.2) is 0 Å². The van der Waals surface area contributed by atoms with Crippen molar-refractivity contribution in [2.45, 2.75) is 6.92 Å². The molecule has 0 aliphatic heterocycles. The highest BCUT2D eigenvalue weighted by Crippen LogP contribution is 2.09. The molecule has 0 N–H and O–H groups in total. The SMILES string of the molecule is CC[N+](C)(Cl)Cl. The lowest BCUT2D eigenvalue weighted by Gasteiger charge is -2.07. The summed E-state index contributed by atoms with van der Waals surface area (Å²) in [7, 11) is 1.71. The molecule has 0 radical (unpaired) electrons. The lowest BCUT2D eigenvalue weighted by Crippen LogP contribution is -2.18. The van der Waals surface area contributed by atoms with Crippen molar-refractivity contribution in [1.29, 1.82) is 0 Å². The summed E-state index contributed by atoms with van der Waals surface area (Å²) in [5.41, 5.74) is 0. The van der Waals surface area contributed by atoms with E-state index in [0.29, 0.717) is 0 Å². The van der Waals surface area contributed by atoms with Crippen LogP contribution in [0.4, 0.5) is 0 Å². The molecule has 0 spiro atoms. The maximum absolute atomic E-state index is 5.42. The fraction of sp³-hybridized carbons (Fsp3) is 1.00. The Labute approximate surface area is 48.3 Å². The largest absolute Gasteiger partial charge is 0.186 e. The number of quaternary nitrogens is 1. The first-order valence-corrected chi connectivity index (χ1v) is 2.48. The normalized spacial score (nSPS) is 12.0. The van der Waals surface area contributed by atoms with Gasteiger partial charge in [0, 0.05) is 0 Å². The fourth-order valence-electron chi connectivity index (χ4n) is 0. The first-order valence-electron chi connectivity index (χ1n) is 1.81. The Hall–Kier alpha value is 0.540. The van der Waals surface area contributed by atoms with Gasteiger partial charge in [-0.15, -0.1) is 3.52 Å². The van der Waals surface area contributed by atoms with Crippen LogP contribution in [0.3, 0.4) is 0 Å². The molecule has 0 bridgehead atoms. The molecule has 0 aromatic rings. The van der Waals surface area contributed by atoms with Crippen LogP contribution in [0.25, 0.3) is 0 Å². The third-order valence-corrected chi connectivity index (χ3v) is 1.03. The molecule has 0 amide bonds. The molecular formula is C3H8Cl2N+. The Bertz CT molecular complexity index is 38.5. The highest BCUT2D eigenvalue weighted by molar-refractivity contribution is 6.23. The number of hydrogen-bond acceptors (Lipinski definition) is 0. The summed E-state index contributed by atoms with van der Waals surface area (Å²) in [6, 6.07) is 0. The van der Waals surface area contributed by atoms with E-state index in [4.69, 9.17) is 23.6 Å². The van der Waals surface area contributed by atoms with Gasteiger partial charge < -0.3 is 0 Å². The maximum Gasteiger partial charge on any atom is 0.186 e. The molecule has 0 heterocycles. The Morgan fingerprint density at radius 2 is 1.67 bits per heavy atom. The van der Waals surface area contributed by atoms with Crippen molar-refractivity contribution >= 4 is 23.6 Å². The van der Waals surface area contributed by atoms with Gasteiger partial charge >= 0.3 is 0 Å². The number of halogens is 2. The van der Waals surface area contributed by atoms with Crippen LogP contribution in [0.2, 0.25) is 0 Å². The van der Waals surface area contributed by atoms with Crippen LogP contribution in [-0.2, 0) is 0 Å². The lowest BCUT2D eigenvalue weighted by atomic mass is 10.8. The molecule has 0 aliphatic rings. The van der Waals surface area contributed by atoms with Crippen LogP contribution in [0.1, 0.15) is 6.92 Å². The second-order valence-corrected chi connectivity index (χ2v) is 2.94. The molecule has 0 rings (SSSR count). The Morgan fingerprint density at radius 3 is 1.67 bits per heavy atom. The van der Waals surface area contributed by atoms with Gasteiger partial charge in [0.1, 0.15) is 13.6 Å². The molecule has 0 saturated heterocycles. The molecule has 0 saturated carbocycles. The summed E-state index contributed by atoms with van der Waals surface area (Å²) in [6.45, 7) is 2.66. The zero-order chi connectivity index (χ0) is 5.21. The summed E-state index contributed by atoms with van der Waals surface area (Å²) in [6.07, 6.45) is 0. The van der Waals surface area contributed by atoms with Crippen LogP contribution < -0.4 is 0 Å². The summed E-state index contributed by atoms with van der Waals surface area (Å²) in [4.78, 5) is 0. The van der Waals surface area contributed by atoms with E-state index in [-0.39, 0.29) is 3.52 Å². The van der Waals surface area contributed by atoms with E-state index in [1.165, 1.54) is 0 Å². The minimum atomic E-state index is 0.0139. The molecule has 0 aliphatic carbocycles. The molecule has 3 heteroatoms. The lowest BCUT2D eigenvalue weighted by molar-refractivity contribution is -0.662. The summed E-state index contributed by atoms with van der Waals surface area (Å²) >= 11 is 10.8.